The zero-order valence-electron chi connectivity index (χ0n) is 14.7. The molecule has 4 rings (SSSR count). The van der Waals surface area contributed by atoms with Crippen LogP contribution in [0.2, 0.25) is 0 Å². The van der Waals surface area contributed by atoms with Crippen LogP contribution in [-0.2, 0) is 4.79 Å². The lowest BCUT2D eigenvalue weighted by atomic mass is 10.1. The second-order valence-electron chi connectivity index (χ2n) is 6.29. The summed E-state index contributed by atoms with van der Waals surface area (Å²) >= 11 is 0. The largest absolute Gasteiger partial charge is 0.484 e. The molecule has 4 aromatic rings. The zero-order chi connectivity index (χ0) is 18.8. The number of rotatable bonds is 4. The van der Waals surface area contributed by atoms with Gasteiger partial charge in [-0.3, -0.25) is 9.59 Å². The number of amides is 1. The van der Waals surface area contributed by atoms with E-state index in [9.17, 15) is 9.59 Å². The third kappa shape index (κ3) is 3.53. The smallest absolute Gasteiger partial charge is 0.262 e. The minimum atomic E-state index is -0.293. The molecule has 27 heavy (non-hydrogen) atoms. The molecule has 0 fully saturated rings. The normalized spacial score (nSPS) is 10.9. The third-order valence-electron chi connectivity index (χ3n) is 4.22. The summed E-state index contributed by atoms with van der Waals surface area (Å²) in [5.74, 6) is 0.347. The number of anilines is 1. The van der Waals surface area contributed by atoms with Gasteiger partial charge >= 0.3 is 0 Å². The topological polar surface area (TPSA) is 68.5 Å². The van der Waals surface area contributed by atoms with E-state index in [0.29, 0.717) is 33.4 Å². The van der Waals surface area contributed by atoms with Crippen LogP contribution in [-0.4, -0.2) is 12.5 Å². The van der Waals surface area contributed by atoms with Gasteiger partial charge in [0.15, 0.2) is 6.61 Å². The maximum absolute atomic E-state index is 12.5. The highest BCUT2D eigenvalue weighted by atomic mass is 16.5. The number of carbonyl (C=O) groups excluding carboxylic acids is 1. The molecule has 1 heterocycles. The summed E-state index contributed by atoms with van der Waals surface area (Å²) in [5, 5.41) is 3.77. The molecule has 0 aliphatic rings. The number of carbonyl (C=O) groups is 1. The molecule has 3 aromatic carbocycles. The first-order valence-corrected chi connectivity index (χ1v) is 8.55. The Labute approximate surface area is 155 Å². The molecule has 5 heteroatoms. The molecule has 0 aliphatic heterocycles. The molecular formula is C22H17NO4. The van der Waals surface area contributed by atoms with Gasteiger partial charge in [-0.2, -0.15) is 0 Å². The Kier molecular flexibility index (Phi) is 4.34. The third-order valence-corrected chi connectivity index (χ3v) is 4.22. The van der Waals surface area contributed by atoms with Gasteiger partial charge in [0.25, 0.3) is 5.91 Å². The van der Waals surface area contributed by atoms with Crippen molar-refractivity contribution in [1.82, 2.24) is 0 Å². The summed E-state index contributed by atoms with van der Waals surface area (Å²) in [6.45, 7) is 1.85. The van der Waals surface area contributed by atoms with E-state index in [-0.39, 0.29) is 17.9 Å². The highest BCUT2D eigenvalue weighted by Gasteiger charge is 2.09. The van der Waals surface area contributed by atoms with Gasteiger partial charge in [0.05, 0.1) is 10.8 Å². The van der Waals surface area contributed by atoms with Crippen LogP contribution in [0.3, 0.4) is 0 Å². The van der Waals surface area contributed by atoms with Gasteiger partial charge in [-0.05, 0) is 48.9 Å². The molecule has 1 N–H and O–H groups in total. The molecule has 0 bridgehead atoms. The second-order valence-corrected chi connectivity index (χ2v) is 6.29. The van der Waals surface area contributed by atoms with E-state index in [1.54, 1.807) is 42.5 Å². The average molecular weight is 359 g/mol. The molecule has 0 atom stereocenters. The van der Waals surface area contributed by atoms with Crippen LogP contribution in [0.15, 0.2) is 75.9 Å². The fraction of sp³-hybridized carbons (Fsp3) is 0.0909. The summed E-state index contributed by atoms with van der Waals surface area (Å²) in [7, 11) is 0. The van der Waals surface area contributed by atoms with Crippen LogP contribution in [0.5, 0.6) is 5.75 Å². The van der Waals surface area contributed by atoms with Crippen molar-refractivity contribution in [1.29, 1.82) is 0 Å². The molecule has 134 valence electrons. The molecule has 0 aliphatic carbocycles. The van der Waals surface area contributed by atoms with E-state index in [2.05, 4.69) is 5.32 Å². The van der Waals surface area contributed by atoms with Crippen LogP contribution in [0.1, 0.15) is 5.56 Å². The fourth-order valence-corrected chi connectivity index (χ4v) is 2.93. The highest BCUT2D eigenvalue weighted by Crippen LogP contribution is 2.21. The Hall–Kier alpha value is -3.60. The van der Waals surface area contributed by atoms with Gasteiger partial charge in [0.2, 0.25) is 5.43 Å². The molecule has 0 spiro atoms. The van der Waals surface area contributed by atoms with Gasteiger partial charge in [-0.25, -0.2) is 0 Å². The van der Waals surface area contributed by atoms with Crippen molar-refractivity contribution in [3.63, 3.8) is 0 Å². The first kappa shape index (κ1) is 16.8. The van der Waals surface area contributed by atoms with Gasteiger partial charge in [-0.1, -0.05) is 24.3 Å². The summed E-state index contributed by atoms with van der Waals surface area (Å²) < 4.78 is 11.3. The highest BCUT2D eigenvalue weighted by molar-refractivity contribution is 5.96. The molecule has 0 radical (unpaired) electrons. The lowest BCUT2D eigenvalue weighted by Gasteiger charge is -2.09. The molecule has 5 nitrogen and oxygen atoms in total. The monoisotopic (exact) mass is 359 g/mol. The van der Waals surface area contributed by atoms with Crippen molar-refractivity contribution in [3.05, 3.63) is 82.5 Å². The summed E-state index contributed by atoms with van der Waals surface area (Å²) in [4.78, 5) is 24.7. The lowest BCUT2D eigenvalue weighted by molar-refractivity contribution is -0.118. The second kappa shape index (κ2) is 6.96. The average Bonchev–Trinajstić information content (AvgIpc) is 2.66. The first-order chi connectivity index (χ1) is 13.1. The van der Waals surface area contributed by atoms with E-state index in [0.717, 1.165) is 5.56 Å². The standard InChI is InChI=1S/C22H17NO4/c1-14-5-4-6-16(11-14)26-13-21(24)23-15-9-10-18-20(12-15)27-19-8-3-2-7-17(19)22(18)25/h2-12H,13H2,1H3,(H,23,24). The quantitative estimate of drug-likeness (QED) is 0.553. The number of para-hydroxylation sites is 1. The van der Waals surface area contributed by atoms with E-state index in [1.165, 1.54) is 0 Å². The number of nitrogens with one attached hydrogen (secondary N) is 1. The van der Waals surface area contributed by atoms with Crippen LogP contribution < -0.4 is 15.5 Å². The number of ether oxygens (including phenoxy) is 1. The molecule has 0 unspecified atom stereocenters. The predicted molar refractivity (Wildman–Crippen MR) is 105 cm³/mol. The summed E-state index contributed by atoms with van der Waals surface area (Å²) in [6.07, 6.45) is 0. The first-order valence-electron chi connectivity index (χ1n) is 8.55. The van der Waals surface area contributed by atoms with Gasteiger partial charge < -0.3 is 14.5 Å². The van der Waals surface area contributed by atoms with Crippen molar-refractivity contribution in [2.75, 3.05) is 11.9 Å². The molecule has 1 amide bonds. The van der Waals surface area contributed by atoms with Crippen LogP contribution in [0.4, 0.5) is 5.69 Å². The van der Waals surface area contributed by atoms with Crippen molar-refractivity contribution in [3.8, 4) is 5.75 Å². The number of aryl methyl sites for hydroxylation is 1. The van der Waals surface area contributed by atoms with E-state index in [1.807, 2.05) is 31.2 Å². The van der Waals surface area contributed by atoms with Crippen molar-refractivity contribution < 1.29 is 13.9 Å². The Balaban J connectivity index is 1.54. The molecule has 1 aromatic heterocycles. The Morgan fingerprint density at radius 1 is 0.963 bits per heavy atom. The molecule has 0 saturated carbocycles. The van der Waals surface area contributed by atoms with Crippen molar-refractivity contribution >= 4 is 33.5 Å². The van der Waals surface area contributed by atoms with E-state index >= 15 is 0 Å². The minimum Gasteiger partial charge on any atom is -0.484 e. The predicted octanol–water partition coefficient (Wildman–Crippen LogP) is 4.27. The van der Waals surface area contributed by atoms with Crippen LogP contribution >= 0.6 is 0 Å². The van der Waals surface area contributed by atoms with Crippen molar-refractivity contribution in [2.45, 2.75) is 6.92 Å². The Morgan fingerprint density at radius 3 is 2.63 bits per heavy atom. The van der Waals surface area contributed by atoms with Crippen LogP contribution in [0, 0.1) is 6.92 Å². The van der Waals surface area contributed by atoms with Gasteiger partial charge in [0, 0.05) is 11.8 Å². The number of hydrogen-bond donors (Lipinski definition) is 1. The summed E-state index contributed by atoms with van der Waals surface area (Å²) in [5.41, 5.74) is 2.45. The van der Waals surface area contributed by atoms with Crippen LogP contribution in [0.25, 0.3) is 21.9 Å². The number of hydrogen-bond acceptors (Lipinski definition) is 4. The molecule has 0 saturated heterocycles. The zero-order valence-corrected chi connectivity index (χ0v) is 14.7. The fourth-order valence-electron chi connectivity index (χ4n) is 2.93. The maximum Gasteiger partial charge on any atom is 0.262 e. The van der Waals surface area contributed by atoms with Gasteiger partial charge in [-0.15, -0.1) is 0 Å². The maximum atomic E-state index is 12.5. The van der Waals surface area contributed by atoms with Crippen molar-refractivity contribution in [2.24, 2.45) is 0 Å². The number of benzene rings is 3. The van der Waals surface area contributed by atoms with E-state index < -0.39 is 0 Å². The Bertz CT molecular complexity index is 1210. The minimum absolute atomic E-state index is 0.0903. The Morgan fingerprint density at radius 2 is 1.78 bits per heavy atom. The van der Waals surface area contributed by atoms with Gasteiger partial charge in [0.1, 0.15) is 16.9 Å². The summed E-state index contributed by atoms with van der Waals surface area (Å²) in [6, 6.07) is 19.6. The van der Waals surface area contributed by atoms with E-state index in [4.69, 9.17) is 9.15 Å². The number of fused-ring (bicyclic) bond motifs is 2. The molecular weight excluding hydrogens is 342 g/mol. The lowest BCUT2D eigenvalue weighted by Crippen LogP contribution is -2.20. The SMILES string of the molecule is Cc1cccc(OCC(=O)Nc2ccc3c(=O)c4ccccc4oc3c2)c1.